The second-order valence-electron chi connectivity index (χ2n) is 5.98. The third kappa shape index (κ3) is 4.54. The van der Waals surface area contributed by atoms with E-state index in [1.54, 1.807) is 24.3 Å². The Labute approximate surface area is 160 Å². The van der Waals surface area contributed by atoms with Crippen molar-refractivity contribution in [3.63, 3.8) is 0 Å². The lowest BCUT2D eigenvalue weighted by Crippen LogP contribution is -2.41. The smallest absolute Gasteiger partial charge is 0.328 e. The van der Waals surface area contributed by atoms with E-state index in [1.807, 2.05) is 30.3 Å². The van der Waals surface area contributed by atoms with Crippen molar-refractivity contribution in [2.75, 3.05) is 6.54 Å². The van der Waals surface area contributed by atoms with Gasteiger partial charge in [0, 0.05) is 17.8 Å². The molecule has 0 aliphatic rings. The third-order valence-corrected chi connectivity index (χ3v) is 4.50. The van der Waals surface area contributed by atoms with Gasteiger partial charge in [-0.1, -0.05) is 60.1 Å². The summed E-state index contributed by atoms with van der Waals surface area (Å²) in [4.78, 5) is 39.5. The van der Waals surface area contributed by atoms with Gasteiger partial charge in [-0.15, -0.1) is 0 Å². The molecule has 0 aliphatic carbocycles. The summed E-state index contributed by atoms with van der Waals surface area (Å²) in [6.07, 6.45) is 1.79. The number of aromatic nitrogens is 2. The Balaban J connectivity index is 1.76. The normalized spacial score (nSPS) is 10.6. The zero-order valence-electron chi connectivity index (χ0n) is 14.4. The Morgan fingerprint density at radius 1 is 1.04 bits per heavy atom. The largest absolute Gasteiger partial charge is 0.351 e. The number of carbonyl (C=O) groups is 1. The van der Waals surface area contributed by atoms with Gasteiger partial charge in [-0.25, -0.2) is 4.79 Å². The van der Waals surface area contributed by atoms with Crippen molar-refractivity contribution in [1.82, 2.24) is 14.9 Å². The maximum atomic E-state index is 12.6. The van der Waals surface area contributed by atoms with Crippen LogP contribution in [0, 0.1) is 0 Å². The molecular formula is C20H18ClN3O3. The Kier molecular flexibility index (Phi) is 5.88. The molecule has 0 radical (unpaired) electrons. The van der Waals surface area contributed by atoms with Crippen LogP contribution in [0.3, 0.4) is 0 Å². The summed E-state index contributed by atoms with van der Waals surface area (Å²) in [5, 5.41) is 3.16. The highest BCUT2D eigenvalue weighted by Crippen LogP contribution is 2.14. The molecule has 1 heterocycles. The average molecular weight is 384 g/mol. The predicted octanol–water partition coefficient (Wildman–Crippen LogP) is 2.21. The molecular weight excluding hydrogens is 366 g/mol. The summed E-state index contributed by atoms with van der Waals surface area (Å²) in [6.45, 7) is 0.366. The van der Waals surface area contributed by atoms with E-state index in [9.17, 15) is 14.4 Å². The lowest BCUT2D eigenvalue weighted by Gasteiger charge is -2.09. The first-order valence-corrected chi connectivity index (χ1v) is 8.82. The number of halogens is 1. The second-order valence-corrected chi connectivity index (χ2v) is 6.39. The van der Waals surface area contributed by atoms with Gasteiger partial charge >= 0.3 is 5.69 Å². The lowest BCUT2D eigenvalue weighted by atomic mass is 10.1. The minimum Gasteiger partial charge on any atom is -0.351 e. The molecule has 0 bridgehead atoms. The fourth-order valence-corrected chi connectivity index (χ4v) is 2.87. The van der Waals surface area contributed by atoms with Crippen LogP contribution in [0.4, 0.5) is 0 Å². The van der Waals surface area contributed by atoms with E-state index < -0.39 is 17.2 Å². The maximum absolute atomic E-state index is 12.6. The molecule has 0 saturated carbocycles. The van der Waals surface area contributed by atoms with E-state index in [4.69, 9.17) is 11.6 Å². The van der Waals surface area contributed by atoms with Crippen molar-refractivity contribution in [2.24, 2.45) is 0 Å². The molecule has 2 aromatic carbocycles. The molecule has 0 saturated heterocycles. The molecule has 1 amide bonds. The van der Waals surface area contributed by atoms with Crippen LogP contribution in [-0.4, -0.2) is 22.0 Å². The molecule has 0 atom stereocenters. The number of H-pyrrole nitrogens is 1. The number of aromatic amines is 1. The van der Waals surface area contributed by atoms with Crippen molar-refractivity contribution in [1.29, 1.82) is 0 Å². The van der Waals surface area contributed by atoms with Gasteiger partial charge in [-0.3, -0.25) is 14.2 Å². The number of amides is 1. The summed E-state index contributed by atoms with van der Waals surface area (Å²) in [5.74, 6) is -0.528. The van der Waals surface area contributed by atoms with Crippen LogP contribution in [-0.2, 0) is 13.0 Å². The fraction of sp³-hybridized carbons (Fsp3) is 0.150. The Morgan fingerprint density at radius 3 is 2.48 bits per heavy atom. The van der Waals surface area contributed by atoms with Crippen LogP contribution in [0.5, 0.6) is 0 Å². The Morgan fingerprint density at radius 2 is 1.74 bits per heavy atom. The number of rotatable bonds is 6. The first-order valence-electron chi connectivity index (χ1n) is 8.44. The Bertz CT molecular complexity index is 1060. The van der Waals surface area contributed by atoms with Crippen LogP contribution < -0.4 is 16.6 Å². The summed E-state index contributed by atoms with van der Waals surface area (Å²) >= 11 is 6.10. The summed E-state index contributed by atoms with van der Waals surface area (Å²) < 4.78 is 0.966. The van der Waals surface area contributed by atoms with Crippen LogP contribution in [0.25, 0.3) is 0 Å². The fourth-order valence-electron chi connectivity index (χ4n) is 2.67. The van der Waals surface area contributed by atoms with E-state index in [0.29, 0.717) is 23.6 Å². The zero-order valence-corrected chi connectivity index (χ0v) is 15.2. The molecule has 7 heteroatoms. The number of hydrogen-bond donors (Lipinski definition) is 2. The zero-order chi connectivity index (χ0) is 19.2. The van der Waals surface area contributed by atoms with Gasteiger partial charge in [0.15, 0.2) is 0 Å². The van der Waals surface area contributed by atoms with Gasteiger partial charge in [-0.2, -0.15) is 0 Å². The standard InChI is InChI=1S/C20H18ClN3O3/c21-17-9-5-4-8-15(17)13-24-19(26)16(12-23-20(24)27)18(25)22-11-10-14-6-2-1-3-7-14/h1-9,12H,10-11,13H2,(H,22,25)(H,23,27). The van der Waals surface area contributed by atoms with Crippen LogP contribution in [0.15, 0.2) is 70.4 Å². The van der Waals surface area contributed by atoms with Gasteiger partial charge in [0.25, 0.3) is 11.5 Å². The van der Waals surface area contributed by atoms with Gasteiger partial charge in [0.05, 0.1) is 6.54 Å². The highest BCUT2D eigenvalue weighted by molar-refractivity contribution is 6.31. The molecule has 3 aromatic rings. The predicted molar refractivity (Wildman–Crippen MR) is 104 cm³/mol. The van der Waals surface area contributed by atoms with Crippen LogP contribution in [0.2, 0.25) is 5.02 Å². The molecule has 3 rings (SSSR count). The lowest BCUT2D eigenvalue weighted by molar-refractivity contribution is 0.0951. The molecule has 6 nitrogen and oxygen atoms in total. The number of nitrogens with zero attached hydrogens (tertiary/aromatic N) is 1. The quantitative estimate of drug-likeness (QED) is 0.684. The summed E-state index contributed by atoms with van der Waals surface area (Å²) in [6, 6.07) is 16.6. The van der Waals surface area contributed by atoms with Crippen molar-refractivity contribution in [2.45, 2.75) is 13.0 Å². The molecule has 0 aliphatic heterocycles. The van der Waals surface area contributed by atoms with Crippen LogP contribution in [0.1, 0.15) is 21.5 Å². The Hall–Kier alpha value is -3.12. The highest BCUT2D eigenvalue weighted by Gasteiger charge is 2.15. The highest BCUT2D eigenvalue weighted by atomic mass is 35.5. The molecule has 138 valence electrons. The van der Waals surface area contributed by atoms with Gasteiger partial charge in [-0.05, 0) is 23.6 Å². The molecule has 1 aromatic heterocycles. The molecule has 27 heavy (non-hydrogen) atoms. The number of benzene rings is 2. The van der Waals surface area contributed by atoms with Crippen molar-refractivity contribution < 1.29 is 4.79 Å². The first-order chi connectivity index (χ1) is 13.1. The van der Waals surface area contributed by atoms with E-state index in [0.717, 1.165) is 16.3 Å². The second kappa shape index (κ2) is 8.51. The maximum Gasteiger partial charge on any atom is 0.328 e. The number of hydrogen-bond acceptors (Lipinski definition) is 3. The van der Waals surface area contributed by atoms with E-state index in [1.165, 1.54) is 0 Å². The van der Waals surface area contributed by atoms with Crippen molar-refractivity contribution in [3.05, 3.63) is 103 Å². The van der Waals surface area contributed by atoms with E-state index in [-0.39, 0.29) is 12.1 Å². The van der Waals surface area contributed by atoms with Gasteiger partial charge in [0.1, 0.15) is 5.56 Å². The minimum atomic E-state index is -0.657. The minimum absolute atomic E-state index is 0.0149. The van der Waals surface area contributed by atoms with Crippen molar-refractivity contribution >= 4 is 17.5 Å². The summed E-state index contributed by atoms with van der Waals surface area (Å²) in [5.41, 5.74) is 0.329. The molecule has 2 N–H and O–H groups in total. The van der Waals surface area contributed by atoms with E-state index in [2.05, 4.69) is 10.3 Å². The number of carbonyl (C=O) groups excluding carboxylic acids is 1. The van der Waals surface area contributed by atoms with E-state index >= 15 is 0 Å². The van der Waals surface area contributed by atoms with Crippen LogP contribution >= 0.6 is 11.6 Å². The average Bonchev–Trinajstić information content (AvgIpc) is 2.67. The monoisotopic (exact) mass is 383 g/mol. The van der Waals surface area contributed by atoms with Crippen molar-refractivity contribution in [3.8, 4) is 0 Å². The third-order valence-electron chi connectivity index (χ3n) is 4.13. The topological polar surface area (TPSA) is 84.0 Å². The first kappa shape index (κ1) is 18.7. The molecule has 0 fully saturated rings. The number of nitrogens with one attached hydrogen (secondary N) is 2. The summed E-state index contributed by atoms with van der Waals surface area (Å²) in [7, 11) is 0. The SMILES string of the molecule is O=C(NCCc1ccccc1)c1c[nH]c(=O)n(Cc2ccccc2Cl)c1=O. The molecule has 0 unspecified atom stereocenters. The van der Waals surface area contributed by atoms with Gasteiger partial charge < -0.3 is 10.3 Å². The van der Waals surface area contributed by atoms with Gasteiger partial charge in [0.2, 0.25) is 0 Å². The molecule has 0 spiro atoms.